The summed E-state index contributed by atoms with van der Waals surface area (Å²) in [6, 6.07) is 0.402. The Bertz CT molecular complexity index is 187. The molecule has 0 spiro atoms. The van der Waals surface area contributed by atoms with Crippen LogP contribution in [0.25, 0.3) is 0 Å². The highest BCUT2D eigenvalue weighted by atomic mass is 32.2. The lowest BCUT2D eigenvalue weighted by Gasteiger charge is -2.24. The highest BCUT2D eigenvalue weighted by Gasteiger charge is 2.24. The van der Waals surface area contributed by atoms with Crippen LogP contribution in [-0.4, -0.2) is 34.8 Å². The van der Waals surface area contributed by atoms with Gasteiger partial charge in [0.15, 0.2) is 0 Å². The smallest absolute Gasteiger partial charge is 0.0346 e. The SMILES string of the molecule is CC1CNCC(N)C1.CS(=O)C1CC1. The van der Waals surface area contributed by atoms with Gasteiger partial charge in [-0.3, -0.25) is 4.21 Å². The summed E-state index contributed by atoms with van der Waals surface area (Å²) in [6.45, 7) is 4.38. The van der Waals surface area contributed by atoms with E-state index >= 15 is 0 Å². The number of hydrogen-bond acceptors (Lipinski definition) is 3. The maximum Gasteiger partial charge on any atom is 0.0346 e. The molecule has 0 aromatic rings. The molecule has 3 nitrogen and oxygen atoms in total. The first kappa shape index (κ1) is 12.1. The second-order valence-electron chi connectivity index (χ2n) is 4.46. The Morgan fingerprint density at radius 1 is 1.36 bits per heavy atom. The number of rotatable bonds is 1. The zero-order valence-corrected chi connectivity index (χ0v) is 9.98. The highest BCUT2D eigenvalue weighted by molar-refractivity contribution is 7.85. The highest BCUT2D eigenvalue weighted by Crippen LogP contribution is 2.24. The third-order valence-corrected chi connectivity index (χ3v) is 4.01. The van der Waals surface area contributed by atoms with Crippen LogP contribution < -0.4 is 11.1 Å². The van der Waals surface area contributed by atoms with Gasteiger partial charge in [-0.05, 0) is 31.7 Å². The van der Waals surface area contributed by atoms with Crippen molar-refractivity contribution in [1.82, 2.24) is 5.32 Å². The zero-order chi connectivity index (χ0) is 10.6. The van der Waals surface area contributed by atoms with Gasteiger partial charge in [-0.2, -0.15) is 0 Å². The van der Waals surface area contributed by atoms with Crippen LogP contribution >= 0.6 is 0 Å². The van der Waals surface area contributed by atoms with E-state index in [0.717, 1.165) is 19.0 Å². The van der Waals surface area contributed by atoms with E-state index < -0.39 is 10.8 Å². The molecule has 1 aliphatic heterocycles. The molecule has 2 rings (SSSR count). The average molecular weight is 218 g/mol. The Labute approximate surface area is 89.3 Å². The summed E-state index contributed by atoms with van der Waals surface area (Å²) in [7, 11) is -0.506. The normalized spacial score (nSPS) is 34.2. The van der Waals surface area contributed by atoms with Gasteiger partial charge in [-0.25, -0.2) is 0 Å². The van der Waals surface area contributed by atoms with Gasteiger partial charge in [0.25, 0.3) is 0 Å². The molecule has 4 heteroatoms. The first-order valence-electron chi connectivity index (χ1n) is 5.38. The lowest BCUT2D eigenvalue weighted by atomic mass is 9.99. The maximum atomic E-state index is 10.3. The molecular formula is C10H22N2OS. The summed E-state index contributed by atoms with van der Waals surface area (Å²) < 4.78 is 10.3. The minimum absolute atomic E-state index is 0.402. The zero-order valence-electron chi connectivity index (χ0n) is 9.16. The lowest BCUT2D eigenvalue weighted by Crippen LogP contribution is -2.43. The molecule has 1 heterocycles. The Morgan fingerprint density at radius 2 is 2.00 bits per heavy atom. The number of nitrogens with one attached hydrogen (secondary N) is 1. The molecule has 0 aromatic heterocycles. The van der Waals surface area contributed by atoms with Gasteiger partial charge in [0, 0.05) is 34.9 Å². The van der Waals surface area contributed by atoms with E-state index in [4.69, 9.17) is 5.73 Å². The van der Waals surface area contributed by atoms with E-state index in [9.17, 15) is 4.21 Å². The van der Waals surface area contributed by atoms with Crippen LogP contribution in [0.1, 0.15) is 26.2 Å². The minimum atomic E-state index is -0.506. The first-order chi connectivity index (χ1) is 6.59. The number of hydrogen-bond donors (Lipinski definition) is 2. The quantitative estimate of drug-likeness (QED) is 0.673. The van der Waals surface area contributed by atoms with Crippen molar-refractivity contribution in [3.05, 3.63) is 0 Å². The van der Waals surface area contributed by atoms with Crippen LogP contribution in [0, 0.1) is 5.92 Å². The molecule has 14 heavy (non-hydrogen) atoms. The number of piperidine rings is 1. The molecule has 2 fully saturated rings. The van der Waals surface area contributed by atoms with Crippen molar-refractivity contribution < 1.29 is 4.21 Å². The third-order valence-electron chi connectivity index (χ3n) is 2.60. The largest absolute Gasteiger partial charge is 0.327 e. The third kappa shape index (κ3) is 5.08. The molecule has 3 atom stereocenters. The topological polar surface area (TPSA) is 55.1 Å². The summed E-state index contributed by atoms with van der Waals surface area (Å²) in [5.74, 6) is 0.777. The van der Waals surface area contributed by atoms with Crippen molar-refractivity contribution in [1.29, 1.82) is 0 Å². The molecule has 1 aliphatic carbocycles. The minimum Gasteiger partial charge on any atom is -0.327 e. The van der Waals surface area contributed by atoms with E-state index in [1.165, 1.54) is 19.3 Å². The summed E-state index contributed by atoms with van der Waals surface area (Å²) in [5, 5.41) is 3.83. The van der Waals surface area contributed by atoms with Gasteiger partial charge in [-0.1, -0.05) is 6.92 Å². The fourth-order valence-corrected chi connectivity index (χ4v) is 2.40. The molecule has 0 aromatic carbocycles. The predicted octanol–water partition coefficient (Wildman–Crippen LogP) is 0.470. The molecule has 3 N–H and O–H groups in total. The molecule has 1 saturated heterocycles. The predicted molar refractivity (Wildman–Crippen MR) is 61.7 cm³/mol. The van der Waals surface area contributed by atoms with Crippen molar-refractivity contribution in [3.63, 3.8) is 0 Å². The summed E-state index contributed by atoms with van der Waals surface area (Å²) in [4.78, 5) is 0. The van der Waals surface area contributed by atoms with Crippen molar-refractivity contribution in [2.24, 2.45) is 11.7 Å². The van der Waals surface area contributed by atoms with E-state index in [1.807, 2.05) is 0 Å². The van der Waals surface area contributed by atoms with Crippen LogP contribution in [0.5, 0.6) is 0 Å². The molecule has 1 saturated carbocycles. The lowest BCUT2D eigenvalue weighted by molar-refractivity contribution is 0.364. The molecule has 2 aliphatic rings. The van der Waals surface area contributed by atoms with E-state index in [0.29, 0.717) is 11.3 Å². The Hall–Kier alpha value is 0.0700. The van der Waals surface area contributed by atoms with Gasteiger partial charge in [0.2, 0.25) is 0 Å². The van der Waals surface area contributed by atoms with E-state index in [1.54, 1.807) is 6.26 Å². The van der Waals surface area contributed by atoms with Crippen LogP contribution in [0.2, 0.25) is 0 Å². The number of nitrogens with two attached hydrogens (primary N) is 1. The van der Waals surface area contributed by atoms with Crippen LogP contribution in [0.4, 0.5) is 0 Å². The Morgan fingerprint density at radius 3 is 2.21 bits per heavy atom. The standard InChI is InChI=1S/C6H14N2.C4H8OS/c1-5-2-6(7)4-8-3-5;1-6(5)4-2-3-4/h5-6,8H,2-4,7H2,1H3;4H,2-3H2,1H3. The van der Waals surface area contributed by atoms with Crippen molar-refractivity contribution >= 4 is 10.8 Å². The van der Waals surface area contributed by atoms with Gasteiger partial charge in [-0.15, -0.1) is 0 Å². The Kier molecular flexibility index (Phi) is 5.06. The average Bonchev–Trinajstić information content (AvgIpc) is 2.85. The molecule has 84 valence electrons. The summed E-state index contributed by atoms with van der Waals surface area (Å²) in [6.07, 6.45) is 5.36. The van der Waals surface area contributed by atoms with Crippen LogP contribution in [0.3, 0.4) is 0 Å². The molecule has 0 bridgehead atoms. The van der Waals surface area contributed by atoms with E-state index in [2.05, 4.69) is 12.2 Å². The van der Waals surface area contributed by atoms with Crippen LogP contribution in [-0.2, 0) is 10.8 Å². The molecule has 0 radical (unpaired) electrons. The van der Waals surface area contributed by atoms with Crippen molar-refractivity contribution in [3.8, 4) is 0 Å². The fraction of sp³-hybridized carbons (Fsp3) is 1.00. The van der Waals surface area contributed by atoms with Crippen LogP contribution in [0.15, 0.2) is 0 Å². The Balaban J connectivity index is 0.000000146. The summed E-state index contributed by atoms with van der Waals surface area (Å²) >= 11 is 0. The molecule has 3 unspecified atom stereocenters. The van der Waals surface area contributed by atoms with Crippen molar-refractivity contribution in [2.75, 3.05) is 19.3 Å². The van der Waals surface area contributed by atoms with Crippen molar-refractivity contribution in [2.45, 2.75) is 37.5 Å². The van der Waals surface area contributed by atoms with Gasteiger partial charge >= 0.3 is 0 Å². The fourth-order valence-electron chi connectivity index (χ4n) is 1.60. The summed E-state index contributed by atoms with van der Waals surface area (Å²) in [5.41, 5.74) is 5.66. The maximum absolute atomic E-state index is 10.3. The van der Waals surface area contributed by atoms with E-state index in [-0.39, 0.29) is 0 Å². The van der Waals surface area contributed by atoms with Gasteiger partial charge < -0.3 is 11.1 Å². The monoisotopic (exact) mass is 218 g/mol. The molecule has 0 amide bonds. The second-order valence-corrected chi connectivity index (χ2v) is 6.12. The molecular weight excluding hydrogens is 196 g/mol. The van der Waals surface area contributed by atoms with Gasteiger partial charge in [0.05, 0.1) is 0 Å². The second kappa shape index (κ2) is 5.83. The first-order valence-corrected chi connectivity index (χ1v) is 7.00. The van der Waals surface area contributed by atoms with Gasteiger partial charge in [0.1, 0.15) is 0 Å².